The number of H-pyrrole nitrogens is 1. The number of nitrogens with one attached hydrogen (secondary N) is 3. The number of benzene rings is 1. The fourth-order valence-corrected chi connectivity index (χ4v) is 4.35. The van der Waals surface area contributed by atoms with Gasteiger partial charge in [0, 0.05) is 11.5 Å². The number of carboxylic acids is 1. The van der Waals surface area contributed by atoms with E-state index in [0.29, 0.717) is 6.42 Å². The zero-order valence-electron chi connectivity index (χ0n) is 20.7. The summed E-state index contributed by atoms with van der Waals surface area (Å²) in [6, 6.07) is -0.536. The van der Waals surface area contributed by atoms with E-state index in [-0.39, 0.29) is 35.4 Å². The van der Waals surface area contributed by atoms with Crippen LogP contribution in [0.1, 0.15) is 55.3 Å². The van der Waals surface area contributed by atoms with Gasteiger partial charge in [0.2, 0.25) is 17.6 Å². The Bertz CT molecular complexity index is 1230. The summed E-state index contributed by atoms with van der Waals surface area (Å²) < 4.78 is 48.7. The van der Waals surface area contributed by atoms with E-state index < -0.39 is 65.7 Å². The van der Waals surface area contributed by atoms with Gasteiger partial charge in [-0.2, -0.15) is 0 Å². The summed E-state index contributed by atoms with van der Waals surface area (Å²) in [7, 11) is 1.11. The van der Waals surface area contributed by atoms with Crippen LogP contribution in [-0.2, 0) is 19.1 Å². The number of esters is 1. The number of rotatable bonds is 10. The number of ether oxygens (including phenoxy) is 2. The van der Waals surface area contributed by atoms with Gasteiger partial charge >= 0.3 is 18.3 Å². The Hall–Kier alpha value is -3.88. The molecular formula is C23H28F3N5O7. The van der Waals surface area contributed by atoms with Gasteiger partial charge in [-0.1, -0.05) is 19.9 Å². The quantitative estimate of drug-likeness (QED) is 0.278. The predicted octanol–water partition coefficient (Wildman–Crippen LogP) is 1.76. The standard InChI is InChI=1S/C23H28F3N5O7/c1-9(2)6-12(27)20(33)30-15(22(36)37-3)8-10-7-14(29-19(10)32)11-4-5-13-16(17(11)38-23(24,25)26)31-18(28-13)21(34)35/h4-5,9-10,12,14-15H,6-8,27H2,1-3H3,(H,28,31)(H,29,32)(H,30,33)(H,34,35)/t10-,12-,14?,15-/m0/s1. The van der Waals surface area contributed by atoms with Crippen LogP contribution < -0.4 is 21.1 Å². The van der Waals surface area contributed by atoms with E-state index in [0.717, 1.165) is 7.11 Å². The van der Waals surface area contributed by atoms with E-state index in [9.17, 15) is 32.3 Å². The van der Waals surface area contributed by atoms with Crippen LogP contribution >= 0.6 is 0 Å². The third-order valence-electron chi connectivity index (χ3n) is 6.03. The van der Waals surface area contributed by atoms with Crippen LogP contribution in [0.25, 0.3) is 11.0 Å². The average molecular weight is 543 g/mol. The van der Waals surface area contributed by atoms with E-state index in [1.165, 1.54) is 12.1 Å². The Morgan fingerprint density at radius 1 is 1.29 bits per heavy atom. The van der Waals surface area contributed by atoms with E-state index in [2.05, 4.69) is 25.3 Å². The lowest BCUT2D eigenvalue weighted by molar-refractivity contribution is -0.274. The van der Waals surface area contributed by atoms with Gasteiger partial charge in [0.1, 0.15) is 11.6 Å². The lowest BCUT2D eigenvalue weighted by Crippen LogP contribution is -2.50. The minimum atomic E-state index is -5.14. The summed E-state index contributed by atoms with van der Waals surface area (Å²) in [5, 5.41) is 14.2. The number of aromatic carboxylic acids is 1. The number of carbonyl (C=O) groups excluding carboxylic acids is 3. The molecule has 6 N–H and O–H groups in total. The van der Waals surface area contributed by atoms with Crippen molar-refractivity contribution in [3.63, 3.8) is 0 Å². The molecule has 1 aliphatic heterocycles. The Morgan fingerprint density at radius 3 is 2.55 bits per heavy atom. The Kier molecular flexibility index (Phi) is 8.49. The van der Waals surface area contributed by atoms with E-state index in [4.69, 9.17) is 15.6 Å². The van der Waals surface area contributed by atoms with Gasteiger partial charge in [0.25, 0.3) is 0 Å². The average Bonchev–Trinajstić information content (AvgIpc) is 3.41. The third kappa shape index (κ3) is 6.70. The van der Waals surface area contributed by atoms with Crippen LogP contribution in [0.3, 0.4) is 0 Å². The fourth-order valence-electron chi connectivity index (χ4n) is 4.35. The van der Waals surface area contributed by atoms with Crippen molar-refractivity contribution in [2.75, 3.05) is 7.11 Å². The number of alkyl halides is 3. The number of methoxy groups -OCH3 is 1. The van der Waals surface area contributed by atoms with Gasteiger partial charge in [-0.15, -0.1) is 13.2 Å². The molecule has 1 saturated heterocycles. The number of nitrogens with zero attached hydrogens (tertiary/aromatic N) is 1. The first kappa shape index (κ1) is 28.7. The van der Waals surface area contributed by atoms with Gasteiger partial charge in [0.15, 0.2) is 5.75 Å². The summed E-state index contributed by atoms with van der Waals surface area (Å²) in [6.07, 6.45) is -5.04. The maximum absolute atomic E-state index is 13.3. The number of hydrogen-bond acceptors (Lipinski definition) is 8. The number of halogens is 3. The number of imidazole rings is 1. The van der Waals surface area contributed by atoms with Crippen molar-refractivity contribution in [3.05, 3.63) is 23.5 Å². The second-order valence-corrected chi connectivity index (χ2v) is 9.37. The Labute approximate surface area is 214 Å². The number of carbonyl (C=O) groups is 4. The Balaban J connectivity index is 1.87. The van der Waals surface area contributed by atoms with Crippen molar-refractivity contribution in [3.8, 4) is 5.75 Å². The molecule has 1 fully saturated rings. The third-order valence-corrected chi connectivity index (χ3v) is 6.03. The van der Waals surface area contributed by atoms with E-state index in [1.54, 1.807) is 0 Å². The highest BCUT2D eigenvalue weighted by Crippen LogP contribution is 2.41. The van der Waals surface area contributed by atoms with Gasteiger partial charge in [0.05, 0.1) is 24.7 Å². The molecule has 4 atom stereocenters. The highest BCUT2D eigenvalue weighted by Gasteiger charge is 2.41. The number of nitrogens with two attached hydrogens (primary N) is 1. The van der Waals surface area contributed by atoms with Crippen molar-refractivity contribution in [1.29, 1.82) is 0 Å². The summed E-state index contributed by atoms with van der Waals surface area (Å²) >= 11 is 0. The van der Waals surface area contributed by atoms with Gasteiger partial charge < -0.3 is 35.9 Å². The molecule has 0 radical (unpaired) electrons. The lowest BCUT2D eigenvalue weighted by Gasteiger charge is -2.22. The summed E-state index contributed by atoms with van der Waals surface area (Å²) in [6.45, 7) is 3.74. The number of amides is 2. The Morgan fingerprint density at radius 2 is 1.97 bits per heavy atom. The molecule has 1 unspecified atom stereocenters. The van der Waals surface area contributed by atoms with Crippen molar-refractivity contribution in [2.24, 2.45) is 17.6 Å². The molecule has 0 aliphatic carbocycles. The predicted molar refractivity (Wildman–Crippen MR) is 125 cm³/mol. The molecule has 0 bridgehead atoms. The van der Waals surface area contributed by atoms with Crippen LogP contribution in [0.5, 0.6) is 5.75 Å². The SMILES string of the molecule is COC(=O)[C@H](C[C@@H]1CC(c2ccc3[nH]c(C(=O)O)nc3c2OC(F)(F)F)NC1=O)NC(=O)[C@@H](N)CC(C)C. The molecule has 208 valence electrons. The van der Waals surface area contributed by atoms with Gasteiger partial charge in [-0.3, -0.25) is 9.59 Å². The monoisotopic (exact) mass is 543 g/mol. The number of hydrogen-bond donors (Lipinski definition) is 5. The van der Waals surface area contributed by atoms with E-state index in [1.807, 2.05) is 13.8 Å². The molecule has 1 aliphatic rings. The topological polar surface area (TPSA) is 186 Å². The van der Waals surface area contributed by atoms with Crippen molar-refractivity contribution >= 4 is 34.8 Å². The molecule has 12 nitrogen and oxygen atoms in total. The largest absolute Gasteiger partial charge is 0.573 e. The number of aromatic amines is 1. The molecule has 15 heteroatoms. The fraction of sp³-hybridized carbons (Fsp3) is 0.522. The first-order valence-electron chi connectivity index (χ1n) is 11.7. The molecule has 1 aromatic carbocycles. The van der Waals surface area contributed by atoms with Gasteiger partial charge in [-0.05, 0) is 31.2 Å². The zero-order chi connectivity index (χ0) is 28.4. The second-order valence-electron chi connectivity index (χ2n) is 9.37. The zero-order valence-corrected chi connectivity index (χ0v) is 20.7. The van der Waals surface area contributed by atoms with Crippen molar-refractivity contribution in [2.45, 2.75) is 57.6 Å². The second kappa shape index (κ2) is 11.2. The normalized spacial score (nSPS) is 19.2. The molecule has 0 saturated carbocycles. The molecule has 1 aromatic heterocycles. The van der Waals surface area contributed by atoms with Gasteiger partial charge in [-0.25, -0.2) is 14.6 Å². The number of fused-ring (bicyclic) bond motifs is 1. The van der Waals surface area contributed by atoms with Crippen molar-refractivity contribution < 1.29 is 46.9 Å². The first-order chi connectivity index (χ1) is 17.7. The number of carboxylic acid groups (broad SMARTS) is 1. The molecule has 0 spiro atoms. The molecule has 3 rings (SSSR count). The summed E-state index contributed by atoms with van der Waals surface area (Å²) in [5.41, 5.74) is 5.39. The minimum absolute atomic E-state index is 0.0162. The molecule has 2 heterocycles. The minimum Gasteiger partial charge on any atom is -0.475 e. The maximum Gasteiger partial charge on any atom is 0.573 e. The molecule has 2 aromatic rings. The highest BCUT2D eigenvalue weighted by atomic mass is 19.4. The van der Waals surface area contributed by atoms with Crippen LogP contribution in [0.4, 0.5) is 13.2 Å². The lowest BCUT2D eigenvalue weighted by atomic mass is 9.93. The smallest absolute Gasteiger partial charge is 0.475 e. The van der Waals surface area contributed by atoms with Crippen LogP contribution in [0, 0.1) is 11.8 Å². The maximum atomic E-state index is 13.3. The first-order valence-corrected chi connectivity index (χ1v) is 11.7. The van der Waals surface area contributed by atoms with Crippen LogP contribution in [-0.4, -0.2) is 64.4 Å². The molecule has 2 amide bonds. The molecular weight excluding hydrogens is 515 g/mol. The molecule has 38 heavy (non-hydrogen) atoms. The number of aromatic nitrogens is 2. The highest BCUT2D eigenvalue weighted by molar-refractivity contribution is 5.92. The van der Waals surface area contributed by atoms with Crippen LogP contribution in [0.2, 0.25) is 0 Å². The van der Waals surface area contributed by atoms with Crippen LogP contribution in [0.15, 0.2) is 12.1 Å². The van der Waals surface area contributed by atoms with E-state index >= 15 is 0 Å². The summed E-state index contributed by atoms with van der Waals surface area (Å²) in [4.78, 5) is 54.9. The summed E-state index contributed by atoms with van der Waals surface area (Å²) in [5.74, 6) is -5.62. The van der Waals surface area contributed by atoms with Crippen molar-refractivity contribution in [1.82, 2.24) is 20.6 Å².